The third-order valence-corrected chi connectivity index (χ3v) is 2.86. The molecule has 0 amide bonds. The first-order chi connectivity index (χ1) is 7.81. The SMILES string of the molecule is C=COC(N)CCCCCCCCCCC. The lowest BCUT2D eigenvalue weighted by Gasteiger charge is -2.10. The summed E-state index contributed by atoms with van der Waals surface area (Å²) in [6.07, 6.45) is 14.3. The second-order valence-electron chi connectivity index (χ2n) is 4.46. The Labute approximate surface area is 101 Å². The molecule has 96 valence electrons. The van der Waals surface area contributed by atoms with E-state index in [1.807, 2.05) is 0 Å². The summed E-state index contributed by atoms with van der Waals surface area (Å²) in [6, 6.07) is 0. The molecule has 2 nitrogen and oxygen atoms in total. The van der Waals surface area contributed by atoms with Crippen molar-refractivity contribution in [1.29, 1.82) is 0 Å². The summed E-state index contributed by atoms with van der Waals surface area (Å²) in [5, 5.41) is 0. The first kappa shape index (κ1) is 15.5. The normalized spacial score (nSPS) is 12.4. The van der Waals surface area contributed by atoms with E-state index in [1.165, 1.54) is 64.0 Å². The van der Waals surface area contributed by atoms with Crippen molar-refractivity contribution in [3.8, 4) is 0 Å². The molecule has 1 unspecified atom stereocenters. The van der Waals surface area contributed by atoms with Gasteiger partial charge < -0.3 is 4.74 Å². The average Bonchev–Trinajstić information content (AvgIpc) is 2.27. The number of nitrogens with two attached hydrogens (primary N) is 1. The molecule has 16 heavy (non-hydrogen) atoms. The largest absolute Gasteiger partial charge is 0.484 e. The fourth-order valence-corrected chi connectivity index (χ4v) is 1.85. The monoisotopic (exact) mass is 227 g/mol. The van der Waals surface area contributed by atoms with Crippen LogP contribution in [0.1, 0.15) is 71.1 Å². The number of hydrogen-bond acceptors (Lipinski definition) is 2. The Morgan fingerprint density at radius 1 is 1.00 bits per heavy atom. The van der Waals surface area contributed by atoms with Crippen LogP contribution in [-0.2, 0) is 4.74 Å². The first-order valence-corrected chi connectivity index (χ1v) is 6.83. The highest BCUT2D eigenvalue weighted by atomic mass is 16.5. The van der Waals surface area contributed by atoms with Crippen LogP contribution >= 0.6 is 0 Å². The zero-order chi connectivity index (χ0) is 12.1. The lowest BCUT2D eigenvalue weighted by atomic mass is 10.1. The van der Waals surface area contributed by atoms with Crippen molar-refractivity contribution in [2.45, 2.75) is 77.4 Å². The predicted octanol–water partition coefficient (Wildman–Crippen LogP) is 4.35. The Morgan fingerprint density at radius 2 is 1.50 bits per heavy atom. The van der Waals surface area contributed by atoms with Crippen LogP contribution in [0.25, 0.3) is 0 Å². The van der Waals surface area contributed by atoms with Gasteiger partial charge in [0.1, 0.15) is 6.23 Å². The zero-order valence-corrected chi connectivity index (χ0v) is 10.9. The average molecular weight is 227 g/mol. The fraction of sp³-hybridized carbons (Fsp3) is 0.857. The van der Waals surface area contributed by atoms with Crippen molar-refractivity contribution in [3.05, 3.63) is 12.8 Å². The van der Waals surface area contributed by atoms with Gasteiger partial charge in [0.2, 0.25) is 0 Å². The van der Waals surface area contributed by atoms with Gasteiger partial charge in [-0.25, -0.2) is 0 Å². The van der Waals surface area contributed by atoms with Gasteiger partial charge in [0, 0.05) is 0 Å². The second kappa shape index (κ2) is 12.6. The van der Waals surface area contributed by atoms with Gasteiger partial charge in [-0.1, -0.05) is 64.9 Å². The minimum Gasteiger partial charge on any atom is -0.484 e. The van der Waals surface area contributed by atoms with Gasteiger partial charge in [-0.3, -0.25) is 5.73 Å². The summed E-state index contributed by atoms with van der Waals surface area (Å²) in [6.45, 7) is 5.75. The first-order valence-electron chi connectivity index (χ1n) is 6.83. The molecule has 0 aliphatic carbocycles. The quantitative estimate of drug-likeness (QED) is 0.305. The van der Waals surface area contributed by atoms with E-state index in [1.54, 1.807) is 0 Å². The van der Waals surface area contributed by atoms with E-state index in [2.05, 4.69) is 13.5 Å². The molecule has 0 aromatic heterocycles. The summed E-state index contributed by atoms with van der Waals surface area (Å²) in [7, 11) is 0. The Balaban J connectivity index is 3.00. The second-order valence-corrected chi connectivity index (χ2v) is 4.46. The number of ether oxygens (including phenoxy) is 1. The molecule has 2 N–H and O–H groups in total. The molecule has 2 heteroatoms. The Hall–Kier alpha value is -0.500. The van der Waals surface area contributed by atoms with Crippen LogP contribution in [0.5, 0.6) is 0 Å². The molecule has 0 radical (unpaired) electrons. The van der Waals surface area contributed by atoms with E-state index in [-0.39, 0.29) is 6.23 Å². The van der Waals surface area contributed by atoms with Crippen molar-refractivity contribution in [1.82, 2.24) is 0 Å². The van der Waals surface area contributed by atoms with Gasteiger partial charge in [0.15, 0.2) is 0 Å². The third-order valence-electron chi connectivity index (χ3n) is 2.86. The lowest BCUT2D eigenvalue weighted by molar-refractivity contribution is 0.139. The highest BCUT2D eigenvalue weighted by molar-refractivity contribution is 4.56. The lowest BCUT2D eigenvalue weighted by Crippen LogP contribution is -2.20. The highest BCUT2D eigenvalue weighted by Crippen LogP contribution is 2.11. The van der Waals surface area contributed by atoms with Gasteiger partial charge >= 0.3 is 0 Å². The van der Waals surface area contributed by atoms with Crippen molar-refractivity contribution in [3.63, 3.8) is 0 Å². The van der Waals surface area contributed by atoms with Crippen LogP contribution in [0.15, 0.2) is 12.8 Å². The molecule has 0 aromatic carbocycles. The van der Waals surface area contributed by atoms with Crippen molar-refractivity contribution in [2.75, 3.05) is 0 Å². The molecule has 0 spiro atoms. The van der Waals surface area contributed by atoms with E-state index in [9.17, 15) is 0 Å². The molecule has 0 saturated heterocycles. The molecule has 0 saturated carbocycles. The summed E-state index contributed by atoms with van der Waals surface area (Å²) < 4.78 is 5.06. The summed E-state index contributed by atoms with van der Waals surface area (Å²) in [4.78, 5) is 0. The van der Waals surface area contributed by atoms with Gasteiger partial charge in [-0.05, 0) is 12.8 Å². The highest BCUT2D eigenvalue weighted by Gasteiger charge is 1.99. The van der Waals surface area contributed by atoms with Crippen molar-refractivity contribution >= 4 is 0 Å². The standard InChI is InChI=1S/C14H29NO/c1-3-5-6-7-8-9-10-11-12-13-14(15)16-4-2/h4,14H,2-3,5-13,15H2,1H3. The number of rotatable bonds is 12. The fourth-order valence-electron chi connectivity index (χ4n) is 1.85. The van der Waals surface area contributed by atoms with Crippen molar-refractivity contribution in [2.24, 2.45) is 5.73 Å². The van der Waals surface area contributed by atoms with Crippen LogP contribution in [0.2, 0.25) is 0 Å². The van der Waals surface area contributed by atoms with Crippen LogP contribution < -0.4 is 5.73 Å². The molecular weight excluding hydrogens is 198 g/mol. The summed E-state index contributed by atoms with van der Waals surface area (Å²) in [5.74, 6) is 0. The molecule has 0 bridgehead atoms. The molecule has 1 atom stereocenters. The van der Waals surface area contributed by atoms with Gasteiger partial charge in [0.25, 0.3) is 0 Å². The maximum absolute atomic E-state index is 5.69. The predicted molar refractivity (Wildman–Crippen MR) is 71.1 cm³/mol. The summed E-state index contributed by atoms with van der Waals surface area (Å²) in [5.41, 5.74) is 5.69. The Morgan fingerprint density at radius 3 is 2.00 bits per heavy atom. The number of unbranched alkanes of at least 4 members (excludes halogenated alkanes) is 8. The van der Waals surface area contributed by atoms with Crippen LogP contribution in [-0.4, -0.2) is 6.23 Å². The molecule has 0 aliphatic rings. The Kier molecular flexibility index (Phi) is 12.2. The maximum atomic E-state index is 5.69. The van der Waals surface area contributed by atoms with Crippen LogP contribution in [0.3, 0.4) is 0 Å². The molecule has 0 heterocycles. The van der Waals surface area contributed by atoms with Gasteiger partial charge in [-0.2, -0.15) is 0 Å². The Bertz CT molecular complexity index is 148. The van der Waals surface area contributed by atoms with E-state index < -0.39 is 0 Å². The van der Waals surface area contributed by atoms with Gasteiger partial charge in [0.05, 0.1) is 6.26 Å². The smallest absolute Gasteiger partial charge is 0.146 e. The molecular formula is C14H29NO. The zero-order valence-electron chi connectivity index (χ0n) is 10.9. The van der Waals surface area contributed by atoms with E-state index >= 15 is 0 Å². The molecule has 0 aliphatic heterocycles. The van der Waals surface area contributed by atoms with Crippen LogP contribution in [0.4, 0.5) is 0 Å². The number of hydrogen-bond donors (Lipinski definition) is 1. The minimum absolute atomic E-state index is 0.151. The van der Waals surface area contributed by atoms with E-state index in [0.717, 1.165) is 6.42 Å². The molecule has 0 fully saturated rings. The molecule has 0 rings (SSSR count). The van der Waals surface area contributed by atoms with Crippen molar-refractivity contribution < 1.29 is 4.74 Å². The van der Waals surface area contributed by atoms with Crippen LogP contribution in [0, 0.1) is 0 Å². The topological polar surface area (TPSA) is 35.2 Å². The summed E-state index contributed by atoms with van der Waals surface area (Å²) >= 11 is 0. The maximum Gasteiger partial charge on any atom is 0.146 e. The van der Waals surface area contributed by atoms with E-state index in [4.69, 9.17) is 10.5 Å². The van der Waals surface area contributed by atoms with Gasteiger partial charge in [-0.15, -0.1) is 0 Å². The van der Waals surface area contributed by atoms with E-state index in [0.29, 0.717) is 0 Å². The third kappa shape index (κ3) is 11.6. The minimum atomic E-state index is -0.151. The molecule has 0 aromatic rings.